The molecule has 0 spiro atoms. The first-order valence-electron chi connectivity index (χ1n) is 10.8. The summed E-state index contributed by atoms with van der Waals surface area (Å²) in [4.78, 5) is 29.3. The van der Waals surface area contributed by atoms with E-state index in [1.807, 2.05) is 49.4 Å². The molecule has 0 radical (unpaired) electrons. The van der Waals surface area contributed by atoms with Crippen molar-refractivity contribution in [2.24, 2.45) is 0 Å². The Kier molecular flexibility index (Phi) is 6.50. The number of halogens is 1. The van der Waals surface area contributed by atoms with Crippen LogP contribution in [0, 0.1) is 5.82 Å². The van der Waals surface area contributed by atoms with Crippen molar-refractivity contribution in [3.63, 3.8) is 0 Å². The van der Waals surface area contributed by atoms with Crippen LogP contribution in [0.5, 0.6) is 0 Å². The molecule has 1 unspecified atom stereocenters. The molecule has 3 aromatic rings. The summed E-state index contributed by atoms with van der Waals surface area (Å²) in [5.41, 5.74) is 2.96. The number of hydrogen-bond donors (Lipinski definition) is 1. The SMILES string of the molecule is CC(NC(=O)c1cccc(N2CCCN(Cc3cccc(F)c3)C2=O)c1)c1ccccc1. The molecule has 6 heteroatoms. The molecule has 0 bridgehead atoms. The maximum atomic E-state index is 13.5. The largest absolute Gasteiger partial charge is 0.346 e. The minimum Gasteiger partial charge on any atom is -0.346 e. The molecular formula is C26H26FN3O2. The Labute approximate surface area is 187 Å². The molecule has 3 amide bonds. The number of anilines is 1. The van der Waals surface area contributed by atoms with Crippen molar-refractivity contribution in [3.05, 3.63) is 101 Å². The second-order valence-corrected chi connectivity index (χ2v) is 8.00. The highest BCUT2D eigenvalue weighted by Crippen LogP contribution is 2.23. The molecule has 1 saturated heterocycles. The van der Waals surface area contributed by atoms with Crippen molar-refractivity contribution < 1.29 is 14.0 Å². The lowest BCUT2D eigenvalue weighted by Crippen LogP contribution is -2.49. The van der Waals surface area contributed by atoms with Gasteiger partial charge >= 0.3 is 6.03 Å². The second-order valence-electron chi connectivity index (χ2n) is 8.00. The Bertz CT molecular complexity index is 1100. The minimum absolute atomic E-state index is 0.134. The summed E-state index contributed by atoms with van der Waals surface area (Å²) in [6.07, 6.45) is 0.794. The maximum Gasteiger partial charge on any atom is 0.324 e. The van der Waals surface area contributed by atoms with Crippen LogP contribution in [-0.2, 0) is 6.54 Å². The summed E-state index contributed by atoms with van der Waals surface area (Å²) in [5.74, 6) is -0.503. The van der Waals surface area contributed by atoms with Crippen LogP contribution in [0.15, 0.2) is 78.9 Å². The highest BCUT2D eigenvalue weighted by atomic mass is 19.1. The monoisotopic (exact) mass is 431 g/mol. The van der Waals surface area contributed by atoms with E-state index in [4.69, 9.17) is 0 Å². The van der Waals surface area contributed by atoms with E-state index in [9.17, 15) is 14.0 Å². The van der Waals surface area contributed by atoms with Crippen LogP contribution in [0.4, 0.5) is 14.9 Å². The van der Waals surface area contributed by atoms with Gasteiger partial charge in [-0.25, -0.2) is 9.18 Å². The van der Waals surface area contributed by atoms with Crippen molar-refractivity contribution in [2.45, 2.75) is 25.9 Å². The minimum atomic E-state index is -0.313. The van der Waals surface area contributed by atoms with Gasteiger partial charge in [0, 0.05) is 30.9 Å². The van der Waals surface area contributed by atoms with E-state index < -0.39 is 0 Å². The number of carbonyl (C=O) groups excluding carboxylic acids is 2. The molecule has 1 atom stereocenters. The van der Waals surface area contributed by atoms with Gasteiger partial charge in [0.2, 0.25) is 0 Å². The molecule has 1 heterocycles. The molecule has 1 fully saturated rings. The zero-order valence-electron chi connectivity index (χ0n) is 18.0. The lowest BCUT2D eigenvalue weighted by molar-refractivity contribution is 0.0940. The first kappa shape index (κ1) is 21.6. The van der Waals surface area contributed by atoms with Gasteiger partial charge in [0.1, 0.15) is 5.82 Å². The molecule has 3 aromatic carbocycles. The van der Waals surface area contributed by atoms with Gasteiger partial charge in [-0.15, -0.1) is 0 Å². The van der Waals surface area contributed by atoms with Crippen LogP contribution in [0.3, 0.4) is 0 Å². The molecule has 32 heavy (non-hydrogen) atoms. The fourth-order valence-corrected chi connectivity index (χ4v) is 3.94. The summed E-state index contributed by atoms with van der Waals surface area (Å²) < 4.78 is 13.5. The van der Waals surface area contributed by atoms with Crippen LogP contribution in [-0.4, -0.2) is 29.9 Å². The molecule has 0 saturated carbocycles. The standard InChI is InChI=1S/C26H26FN3O2/c1-19(21-9-3-2-4-10-21)28-25(31)22-11-6-13-24(17-22)30-15-7-14-29(26(30)32)18-20-8-5-12-23(27)16-20/h2-6,8-13,16-17,19H,7,14-15,18H2,1H3,(H,28,31). The highest BCUT2D eigenvalue weighted by molar-refractivity contribution is 5.98. The third kappa shape index (κ3) is 4.97. The van der Waals surface area contributed by atoms with Gasteiger partial charge in [0.25, 0.3) is 5.91 Å². The average Bonchev–Trinajstić information content (AvgIpc) is 2.81. The van der Waals surface area contributed by atoms with Gasteiger partial charge in [-0.2, -0.15) is 0 Å². The average molecular weight is 432 g/mol. The van der Waals surface area contributed by atoms with Crippen LogP contribution >= 0.6 is 0 Å². The molecule has 1 aliphatic rings. The number of carbonyl (C=O) groups is 2. The fourth-order valence-electron chi connectivity index (χ4n) is 3.94. The summed E-state index contributed by atoms with van der Waals surface area (Å²) in [6, 6.07) is 22.9. The normalized spacial score (nSPS) is 14.9. The van der Waals surface area contributed by atoms with Crippen molar-refractivity contribution in [2.75, 3.05) is 18.0 Å². The van der Waals surface area contributed by atoms with E-state index in [0.717, 1.165) is 17.5 Å². The summed E-state index contributed by atoms with van der Waals surface area (Å²) >= 11 is 0. The lowest BCUT2D eigenvalue weighted by Gasteiger charge is -2.36. The van der Waals surface area contributed by atoms with Gasteiger partial charge in [-0.3, -0.25) is 9.69 Å². The predicted octanol–water partition coefficient (Wildman–Crippen LogP) is 5.15. The van der Waals surface area contributed by atoms with E-state index in [1.54, 1.807) is 34.1 Å². The first-order chi connectivity index (χ1) is 15.5. The van der Waals surface area contributed by atoms with Crippen molar-refractivity contribution in [1.29, 1.82) is 0 Å². The summed E-state index contributed by atoms with van der Waals surface area (Å²) in [7, 11) is 0. The lowest BCUT2D eigenvalue weighted by atomic mass is 10.1. The third-order valence-electron chi connectivity index (χ3n) is 5.64. The molecule has 4 rings (SSSR count). The number of rotatable bonds is 6. The van der Waals surface area contributed by atoms with Crippen LogP contribution < -0.4 is 10.2 Å². The maximum absolute atomic E-state index is 13.5. The number of nitrogens with zero attached hydrogens (tertiary/aromatic N) is 2. The Morgan fingerprint density at radius 3 is 2.56 bits per heavy atom. The summed E-state index contributed by atoms with van der Waals surface area (Å²) in [6.45, 7) is 3.47. The van der Waals surface area contributed by atoms with Crippen LogP contribution in [0.1, 0.15) is 40.9 Å². The van der Waals surface area contributed by atoms with Gasteiger partial charge in [-0.1, -0.05) is 48.5 Å². The molecule has 1 aliphatic heterocycles. The number of hydrogen-bond acceptors (Lipinski definition) is 2. The number of benzene rings is 3. The molecule has 1 N–H and O–H groups in total. The Morgan fingerprint density at radius 2 is 1.78 bits per heavy atom. The topological polar surface area (TPSA) is 52.7 Å². The van der Waals surface area contributed by atoms with E-state index in [-0.39, 0.29) is 23.8 Å². The third-order valence-corrected chi connectivity index (χ3v) is 5.64. The van der Waals surface area contributed by atoms with Crippen molar-refractivity contribution in [3.8, 4) is 0 Å². The second kappa shape index (κ2) is 9.64. The van der Waals surface area contributed by atoms with Gasteiger partial charge in [-0.05, 0) is 54.8 Å². The molecule has 0 aromatic heterocycles. The molecular weight excluding hydrogens is 405 g/mol. The fraction of sp³-hybridized carbons (Fsp3) is 0.231. The zero-order chi connectivity index (χ0) is 22.5. The molecule has 5 nitrogen and oxygen atoms in total. The van der Waals surface area contributed by atoms with E-state index in [2.05, 4.69) is 5.32 Å². The molecule has 0 aliphatic carbocycles. The number of urea groups is 1. The van der Waals surface area contributed by atoms with Crippen LogP contribution in [0.2, 0.25) is 0 Å². The molecule has 164 valence electrons. The Balaban J connectivity index is 1.47. The van der Waals surface area contributed by atoms with Crippen molar-refractivity contribution in [1.82, 2.24) is 10.2 Å². The Hall–Kier alpha value is -3.67. The smallest absolute Gasteiger partial charge is 0.324 e. The number of nitrogens with one attached hydrogen (secondary N) is 1. The van der Waals surface area contributed by atoms with Gasteiger partial charge in [0.15, 0.2) is 0 Å². The quantitative estimate of drug-likeness (QED) is 0.587. The zero-order valence-corrected chi connectivity index (χ0v) is 18.0. The van der Waals surface area contributed by atoms with Gasteiger partial charge in [0.05, 0.1) is 6.04 Å². The predicted molar refractivity (Wildman–Crippen MR) is 123 cm³/mol. The Morgan fingerprint density at radius 1 is 1.00 bits per heavy atom. The van der Waals surface area contributed by atoms with E-state index in [0.29, 0.717) is 30.9 Å². The van der Waals surface area contributed by atoms with E-state index >= 15 is 0 Å². The van der Waals surface area contributed by atoms with E-state index in [1.165, 1.54) is 12.1 Å². The van der Waals surface area contributed by atoms with Gasteiger partial charge < -0.3 is 10.2 Å². The van der Waals surface area contributed by atoms with Crippen LogP contribution in [0.25, 0.3) is 0 Å². The summed E-state index contributed by atoms with van der Waals surface area (Å²) in [5, 5.41) is 3.01. The van der Waals surface area contributed by atoms with Crippen molar-refractivity contribution >= 4 is 17.6 Å². The number of amides is 3. The first-order valence-corrected chi connectivity index (χ1v) is 10.8. The highest BCUT2D eigenvalue weighted by Gasteiger charge is 2.27.